The number of carbonyl (C=O) groups excluding carboxylic acids is 2. The summed E-state index contributed by atoms with van der Waals surface area (Å²) in [7, 11) is 0. The lowest BCUT2D eigenvalue weighted by molar-refractivity contribution is -0.136. The molecule has 1 heterocycles. The summed E-state index contributed by atoms with van der Waals surface area (Å²) in [5, 5.41) is 5.26. The minimum Gasteiger partial charge on any atom is -0.345 e. The van der Waals surface area contributed by atoms with E-state index in [4.69, 9.17) is 0 Å². The summed E-state index contributed by atoms with van der Waals surface area (Å²) in [6.07, 6.45) is 1.57. The highest BCUT2D eigenvalue weighted by molar-refractivity contribution is 6.39. The number of nitrogens with zero attached hydrogens (tertiary/aromatic N) is 1. The van der Waals surface area contributed by atoms with E-state index in [1.807, 2.05) is 37.3 Å². The van der Waals surface area contributed by atoms with Crippen LogP contribution in [-0.4, -0.2) is 21.8 Å². The topological polar surface area (TPSA) is 86.9 Å². The Balaban J connectivity index is 1.64. The average Bonchev–Trinajstić information content (AvgIpc) is 3.03. The fourth-order valence-electron chi connectivity index (χ4n) is 2.29. The van der Waals surface area contributed by atoms with Gasteiger partial charge in [-0.3, -0.25) is 9.59 Å². The van der Waals surface area contributed by atoms with Crippen LogP contribution in [0.5, 0.6) is 0 Å². The summed E-state index contributed by atoms with van der Waals surface area (Å²) < 4.78 is 0. The van der Waals surface area contributed by atoms with Gasteiger partial charge in [-0.05, 0) is 30.7 Å². The molecule has 6 heteroatoms. The van der Waals surface area contributed by atoms with E-state index in [2.05, 4.69) is 20.6 Å². The van der Waals surface area contributed by atoms with Crippen LogP contribution >= 0.6 is 0 Å². The minimum atomic E-state index is -0.702. The Hall–Kier alpha value is -3.15. The number of hydrogen-bond donors (Lipinski definition) is 3. The highest BCUT2D eigenvalue weighted by Gasteiger charge is 2.17. The monoisotopic (exact) mass is 308 g/mol. The third-order valence-corrected chi connectivity index (χ3v) is 3.53. The van der Waals surface area contributed by atoms with Gasteiger partial charge in [0.1, 0.15) is 0 Å². The number of nitrogens with one attached hydrogen (secondary N) is 3. The van der Waals surface area contributed by atoms with E-state index in [0.717, 1.165) is 16.6 Å². The fourth-order valence-corrected chi connectivity index (χ4v) is 2.29. The van der Waals surface area contributed by atoms with Gasteiger partial charge in [-0.25, -0.2) is 4.98 Å². The Morgan fingerprint density at radius 3 is 2.65 bits per heavy atom. The van der Waals surface area contributed by atoms with Gasteiger partial charge in [0.2, 0.25) is 0 Å². The van der Waals surface area contributed by atoms with E-state index in [1.54, 1.807) is 24.5 Å². The van der Waals surface area contributed by atoms with E-state index >= 15 is 0 Å². The lowest BCUT2D eigenvalue weighted by Crippen LogP contribution is -2.36. The van der Waals surface area contributed by atoms with Crippen LogP contribution < -0.4 is 10.6 Å². The molecule has 3 rings (SSSR count). The summed E-state index contributed by atoms with van der Waals surface area (Å²) in [5.41, 5.74) is 3.06. The van der Waals surface area contributed by atoms with Crippen LogP contribution in [0.15, 0.2) is 54.9 Å². The number of carbonyl (C=O) groups is 2. The van der Waals surface area contributed by atoms with Gasteiger partial charge in [-0.15, -0.1) is 0 Å². The molecule has 3 N–H and O–H groups in total. The number of benzene rings is 2. The third kappa shape index (κ3) is 3.37. The van der Waals surface area contributed by atoms with Crippen LogP contribution in [0.2, 0.25) is 0 Å². The number of imidazole rings is 1. The molecular weight excluding hydrogens is 292 g/mol. The van der Waals surface area contributed by atoms with Gasteiger partial charge in [0.15, 0.2) is 0 Å². The number of fused-ring (bicyclic) bond motifs is 1. The first-order valence-corrected chi connectivity index (χ1v) is 7.23. The number of H-pyrrole nitrogens is 1. The van der Waals surface area contributed by atoms with Crippen LogP contribution in [0.3, 0.4) is 0 Å². The smallest absolute Gasteiger partial charge is 0.313 e. The van der Waals surface area contributed by atoms with Gasteiger partial charge in [0.25, 0.3) is 0 Å². The van der Waals surface area contributed by atoms with Crippen LogP contribution in [0.25, 0.3) is 11.0 Å². The lowest BCUT2D eigenvalue weighted by Gasteiger charge is -2.14. The Bertz CT molecular complexity index is 842. The molecule has 2 amide bonds. The van der Waals surface area contributed by atoms with E-state index in [1.165, 1.54) is 0 Å². The van der Waals surface area contributed by atoms with Gasteiger partial charge < -0.3 is 15.6 Å². The number of aromatic amines is 1. The Morgan fingerprint density at radius 1 is 1.09 bits per heavy atom. The molecule has 0 spiro atoms. The standard InChI is InChI=1S/C17H16N4O2/c1-11(12-5-3-2-4-6-12)20-16(22)17(23)21-13-7-8-14-15(9-13)19-10-18-14/h2-11H,1H3,(H,18,19)(H,20,22)(H,21,23). The van der Waals surface area contributed by atoms with Crippen molar-refractivity contribution in [1.29, 1.82) is 0 Å². The van der Waals surface area contributed by atoms with Crippen molar-refractivity contribution in [3.05, 3.63) is 60.4 Å². The van der Waals surface area contributed by atoms with Crippen LogP contribution in [-0.2, 0) is 9.59 Å². The zero-order valence-electron chi connectivity index (χ0n) is 12.5. The molecule has 0 aliphatic carbocycles. The van der Waals surface area contributed by atoms with Gasteiger partial charge in [-0.1, -0.05) is 30.3 Å². The van der Waals surface area contributed by atoms with E-state index in [9.17, 15) is 9.59 Å². The minimum absolute atomic E-state index is 0.246. The maximum Gasteiger partial charge on any atom is 0.313 e. The number of amides is 2. The SMILES string of the molecule is CC(NC(=O)C(=O)Nc1ccc2nc[nH]c2c1)c1ccccc1. The van der Waals surface area contributed by atoms with Crippen LogP contribution in [0.4, 0.5) is 5.69 Å². The highest BCUT2D eigenvalue weighted by Crippen LogP contribution is 2.16. The van der Waals surface area contributed by atoms with Crippen molar-refractivity contribution in [1.82, 2.24) is 15.3 Å². The van der Waals surface area contributed by atoms with Gasteiger partial charge >= 0.3 is 11.8 Å². The molecule has 6 nitrogen and oxygen atoms in total. The second kappa shape index (κ2) is 6.31. The van der Waals surface area contributed by atoms with E-state index in [0.29, 0.717) is 5.69 Å². The van der Waals surface area contributed by atoms with Gasteiger partial charge in [0.05, 0.1) is 23.4 Å². The lowest BCUT2D eigenvalue weighted by atomic mass is 10.1. The Kier molecular flexibility index (Phi) is 4.05. The fraction of sp³-hybridized carbons (Fsp3) is 0.118. The predicted molar refractivity (Wildman–Crippen MR) is 87.7 cm³/mol. The molecule has 116 valence electrons. The number of aromatic nitrogens is 2. The normalized spacial score (nSPS) is 11.9. The molecule has 23 heavy (non-hydrogen) atoms. The first-order chi connectivity index (χ1) is 11.1. The molecule has 0 bridgehead atoms. The summed E-state index contributed by atoms with van der Waals surface area (Å²) in [6, 6.07) is 14.4. The third-order valence-electron chi connectivity index (χ3n) is 3.53. The van der Waals surface area contributed by atoms with Crippen molar-refractivity contribution in [3.8, 4) is 0 Å². The predicted octanol–water partition coefficient (Wildman–Crippen LogP) is 2.38. The molecular formula is C17H16N4O2. The first kappa shape index (κ1) is 14.8. The van der Waals surface area contributed by atoms with Crippen molar-refractivity contribution < 1.29 is 9.59 Å². The zero-order chi connectivity index (χ0) is 16.2. The maximum absolute atomic E-state index is 12.0. The molecule has 3 aromatic rings. The summed E-state index contributed by atoms with van der Waals surface area (Å²) in [5.74, 6) is -1.38. The van der Waals surface area contributed by atoms with Gasteiger partial charge in [0, 0.05) is 5.69 Å². The molecule has 0 radical (unpaired) electrons. The van der Waals surface area contributed by atoms with Crippen molar-refractivity contribution in [2.75, 3.05) is 5.32 Å². The molecule has 0 aliphatic rings. The summed E-state index contributed by atoms with van der Waals surface area (Å²) >= 11 is 0. The Morgan fingerprint density at radius 2 is 1.87 bits per heavy atom. The number of hydrogen-bond acceptors (Lipinski definition) is 3. The molecule has 0 aliphatic heterocycles. The molecule has 0 saturated carbocycles. The second-order valence-corrected chi connectivity index (χ2v) is 5.19. The molecule has 1 atom stereocenters. The average molecular weight is 308 g/mol. The number of rotatable bonds is 3. The molecule has 0 fully saturated rings. The Labute approximate surface area is 132 Å². The molecule has 1 unspecified atom stereocenters. The van der Waals surface area contributed by atoms with E-state index in [-0.39, 0.29) is 6.04 Å². The maximum atomic E-state index is 12.0. The van der Waals surface area contributed by atoms with Gasteiger partial charge in [-0.2, -0.15) is 0 Å². The van der Waals surface area contributed by atoms with Crippen molar-refractivity contribution >= 4 is 28.5 Å². The van der Waals surface area contributed by atoms with Crippen molar-refractivity contribution in [3.63, 3.8) is 0 Å². The largest absolute Gasteiger partial charge is 0.345 e. The molecule has 2 aromatic carbocycles. The second-order valence-electron chi connectivity index (χ2n) is 5.19. The molecule has 1 aromatic heterocycles. The van der Waals surface area contributed by atoms with Crippen molar-refractivity contribution in [2.45, 2.75) is 13.0 Å². The van der Waals surface area contributed by atoms with Crippen LogP contribution in [0, 0.1) is 0 Å². The quantitative estimate of drug-likeness (QED) is 0.649. The van der Waals surface area contributed by atoms with Crippen LogP contribution in [0.1, 0.15) is 18.5 Å². The summed E-state index contributed by atoms with van der Waals surface area (Å²) in [4.78, 5) is 31.1. The van der Waals surface area contributed by atoms with E-state index < -0.39 is 11.8 Å². The zero-order valence-corrected chi connectivity index (χ0v) is 12.5. The summed E-state index contributed by atoms with van der Waals surface area (Å²) in [6.45, 7) is 1.83. The first-order valence-electron chi connectivity index (χ1n) is 7.23. The van der Waals surface area contributed by atoms with Crippen molar-refractivity contribution in [2.24, 2.45) is 0 Å². The number of anilines is 1. The molecule has 0 saturated heterocycles. The highest BCUT2D eigenvalue weighted by atomic mass is 16.2.